The molecule has 0 amide bonds. The summed E-state index contributed by atoms with van der Waals surface area (Å²) in [4.78, 5) is 1.29. The Morgan fingerprint density at radius 2 is 2.06 bits per heavy atom. The van der Waals surface area contributed by atoms with Crippen LogP contribution in [0.2, 0.25) is 0 Å². The van der Waals surface area contributed by atoms with Gasteiger partial charge in [0.15, 0.2) is 0 Å². The zero-order chi connectivity index (χ0) is 11.4. The van der Waals surface area contributed by atoms with Crippen molar-refractivity contribution in [3.05, 3.63) is 23.8 Å². The number of hydrogen-bond donors (Lipinski definition) is 1. The highest BCUT2D eigenvalue weighted by Crippen LogP contribution is 2.35. The first kappa shape index (κ1) is 11.8. The molecule has 88 valence electrons. The smallest absolute Gasteiger partial charge is 0.132 e. The molecule has 1 N–H and O–H groups in total. The maximum atomic E-state index is 5.41. The molecule has 0 radical (unpaired) electrons. The first-order valence-corrected chi connectivity index (χ1v) is 6.69. The van der Waals surface area contributed by atoms with Gasteiger partial charge in [0, 0.05) is 10.1 Å². The number of hydrogen-bond acceptors (Lipinski definition) is 3. The maximum absolute atomic E-state index is 5.41. The number of thioether (sulfide) groups is 1. The predicted molar refractivity (Wildman–Crippen MR) is 69.5 cm³/mol. The van der Waals surface area contributed by atoms with Crippen LogP contribution in [0, 0.1) is 6.92 Å². The van der Waals surface area contributed by atoms with Gasteiger partial charge in [-0.15, -0.1) is 11.8 Å². The molecular formula is C13H19NOS. The fraction of sp³-hybridized carbons (Fsp3) is 0.538. The molecule has 2 rings (SSSR count). The molecule has 2 nitrogen and oxygen atoms in total. The number of aryl methyl sites for hydroxylation is 1. The van der Waals surface area contributed by atoms with Crippen LogP contribution < -0.4 is 10.1 Å². The van der Waals surface area contributed by atoms with Crippen molar-refractivity contribution in [3.63, 3.8) is 0 Å². The van der Waals surface area contributed by atoms with Gasteiger partial charge in [-0.1, -0.05) is 6.07 Å². The standard InChI is InChI=1S/C13H19NOS/c1-10-3-4-12(15-2)13(9-10)16-11-5-7-14-8-6-11/h3-4,9,11,14H,5-8H2,1-2H3. The van der Waals surface area contributed by atoms with E-state index < -0.39 is 0 Å². The molecule has 0 atom stereocenters. The van der Waals surface area contributed by atoms with Gasteiger partial charge in [0.1, 0.15) is 5.75 Å². The van der Waals surface area contributed by atoms with E-state index in [0.717, 1.165) is 24.1 Å². The molecule has 0 bridgehead atoms. The predicted octanol–water partition coefficient (Wildman–Crippen LogP) is 2.85. The van der Waals surface area contributed by atoms with Crippen LogP contribution >= 0.6 is 11.8 Å². The molecular weight excluding hydrogens is 218 g/mol. The lowest BCUT2D eigenvalue weighted by molar-refractivity contribution is 0.404. The Kier molecular flexibility index (Phi) is 4.13. The summed E-state index contributed by atoms with van der Waals surface area (Å²) in [5.74, 6) is 1.01. The molecule has 0 unspecified atom stereocenters. The van der Waals surface area contributed by atoms with Gasteiger partial charge in [0.05, 0.1) is 7.11 Å². The molecule has 0 aromatic heterocycles. The van der Waals surface area contributed by atoms with Crippen molar-refractivity contribution in [1.29, 1.82) is 0 Å². The molecule has 0 saturated carbocycles. The number of benzene rings is 1. The van der Waals surface area contributed by atoms with Crippen molar-refractivity contribution in [3.8, 4) is 5.75 Å². The van der Waals surface area contributed by atoms with Crippen LogP contribution in [0.5, 0.6) is 5.75 Å². The van der Waals surface area contributed by atoms with E-state index >= 15 is 0 Å². The molecule has 16 heavy (non-hydrogen) atoms. The molecule has 1 aliphatic rings. The maximum Gasteiger partial charge on any atom is 0.132 e. The summed E-state index contributed by atoms with van der Waals surface area (Å²) < 4.78 is 5.41. The largest absolute Gasteiger partial charge is 0.496 e. The minimum absolute atomic E-state index is 0.733. The van der Waals surface area contributed by atoms with Crippen LogP contribution in [0.25, 0.3) is 0 Å². The Labute approximate surface area is 102 Å². The number of piperidine rings is 1. The van der Waals surface area contributed by atoms with E-state index in [4.69, 9.17) is 4.74 Å². The SMILES string of the molecule is COc1ccc(C)cc1SC1CCNCC1. The Hall–Kier alpha value is -0.670. The molecule has 1 saturated heterocycles. The van der Waals surface area contributed by atoms with Gasteiger partial charge in [-0.2, -0.15) is 0 Å². The van der Waals surface area contributed by atoms with Crippen LogP contribution in [-0.4, -0.2) is 25.4 Å². The summed E-state index contributed by atoms with van der Waals surface area (Å²) in [6.07, 6.45) is 2.50. The number of ether oxygens (including phenoxy) is 1. The van der Waals surface area contributed by atoms with Gasteiger partial charge in [-0.3, -0.25) is 0 Å². The van der Waals surface area contributed by atoms with E-state index in [0.29, 0.717) is 0 Å². The summed E-state index contributed by atoms with van der Waals surface area (Å²) in [5, 5.41) is 4.13. The van der Waals surface area contributed by atoms with E-state index in [1.807, 2.05) is 11.8 Å². The average Bonchev–Trinajstić information content (AvgIpc) is 2.31. The lowest BCUT2D eigenvalue weighted by Crippen LogP contribution is -2.29. The average molecular weight is 237 g/mol. The topological polar surface area (TPSA) is 21.3 Å². The second-order valence-corrected chi connectivity index (χ2v) is 5.56. The normalized spacial score (nSPS) is 17.4. The van der Waals surface area contributed by atoms with Crippen molar-refractivity contribution in [2.24, 2.45) is 0 Å². The fourth-order valence-corrected chi connectivity index (χ4v) is 3.32. The van der Waals surface area contributed by atoms with Crippen LogP contribution in [0.1, 0.15) is 18.4 Å². The van der Waals surface area contributed by atoms with Crippen LogP contribution in [0.15, 0.2) is 23.1 Å². The zero-order valence-electron chi connectivity index (χ0n) is 9.95. The van der Waals surface area contributed by atoms with E-state index in [1.54, 1.807) is 7.11 Å². The minimum Gasteiger partial charge on any atom is -0.496 e. The third kappa shape index (κ3) is 2.92. The Morgan fingerprint density at radius 3 is 2.75 bits per heavy atom. The summed E-state index contributed by atoms with van der Waals surface area (Å²) in [6, 6.07) is 6.40. The molecule has 0 aliphatic carbocycles. The minimum atomic E-state index is 0.733. The summed E-state index contributed by atoms with van der Waals surface area (Å²) in [6.45, 7) is 4.42. The summed E-state index contributed by atoms with van der Waals surface area (Å²) >= 11 is 1.96. The molecule has 1 fully saturated rings. The van der Waals surface area contributed by atoms with Gasteiger partial charge in [0.2, 0.25) is 0 Å². The van der Waals surface area contributed by atoms with Crippen molar-refractivity contribution >= 4 is 11.8 Å². The highest BCUT2D eigenvalue weighted by atomic mass is 32.2. The molecule has 1 aliphatic heterocycles. The summed E-state index contributed by atoms with van der Waals surface area (Å²) in [5.41, 5.74) is 1.30. The van der Waals surface area contributed by atoms with Gasteiger partial charge in [-0.25, -0.2) is 0 Å². The number of nitrogens with one attached hydrogen (secondary N) is 1. The lowest BCUT2D eigenvalue weighted by atomic mass is 10.2. The first-order valence-electron chi connectivity index (χ1n) is 5.81. The van der Waals surface area contributed by atoms with Gasteiger partial charge in [-0.05, 0) is 50.6 Å². The molecule has 0 spiro atoms. The highest BCUT2D eigenvalue weighted by molar-refractivity contribution is 8.00. The molecule has 1 aromatic rings. The van der Waals surface area contributed by atoms with Crippen LogP contribution in [0.3, 0.4) is 0 Å². The van der Waals surface area contributed by atoms with Crippen molar-refractivity contribution in [2.75, 3.05) is 20.2 Å². The van der Waals surface area contributed by atoms with E-state index in [9.17, 15) is 0 Å². The van der Waals surface area contributed by atoms with Crippen LogP contribution in [0.4, 0.5) is 0 Å². The van der Waals surface area contributed by atoms with Gasteiger partial charge in [0.25, 0.3) is 0 Å². The fourth-order valence-electron chi connectivity index (χ4n) is 1.97. The third-order valence-electron chi connectivity index (χ3n) is 2.90. The second-order valence-electron chi connectivity index (χ2n) is 4.22. The van der Waals surface area contributed by atoms with Crippen molar-refractivity contribution in [2.45, 2.75) is 29.9 Å². The van der Waals surface area contributed by atoms with Gasteiger partial charge >= 0.3 is 0 Å². The molecule has 3 heteroatoms. The quantitative estimate of drug-likeness (QED) is 0.873. The van der Waals surface area contributed by atoms with E-state index in [-0.39, 0.29) is 0 Å². The van der Waals surface area contributed by atoms with Gasteiger partial charge < -0.3 is 10.1 Å². The molecule has 1 aromatic carbocycles. The Balaban J connectivity index is 2.09. The number of methoxy groups -OCH3 is 1. The molecule has 1 heterocycles. The third-order valence-corrected chi connectivity index (χ3v) is 4.28. The highest BCUT2D eigenvalue weighted by Gasteiger charge is 2.16. The van der Waals surface area contributed by atoms with Crippen molar-refractivity contribution < 1.29 is 4.74 Å². The van der Waals surface area contributed by atoms with E-state index in [1.165, 1.54) is 23.3 Å². The summed E-state index contributed by atoms with van der Waals surface area (Å²) in [7, 11) is 1.75. The van der Waals surface area contributed by atoms with Crippen molar-refractivity contribution in [1.82, 2.24) is 5.32 Å². The Bertz CT molecular complexity index is 348. The monoisotopic (exact) mass is 237 g/mol. The van der Waals surface area contributed by atoms with E-state index in [2.05, 4.69) is 30.4 Å². The zero-order valence-corrected chi connectivity index (χ0v) is 10.8. The second kappa shape index (κ2) is 5.60. The lowest BCUT2D eigenvalue weighted by Gasteiger charge is -2.22. The Morgan fingerprint density at radius 1 is 1.31 bits per heavy atom. The number of rotatable bonds is 3. The first-order chi connectivity index (χ1) is 7.79. The van der Waals surface area contributed by atoms with Crippen LogP contribution in [-0.2, 0) is 0 Å².